The predicted octanol–water partition coefficient (Wildman–Crippen LogP) is 4.28. The van der Waals surface area contributed by atoms with Gasteiger partial charge in [0, 0.05) is 17.6 Å². The first-order valence-corrected chi connectivity index (χ1v) is 5.78. The van der Waals surface area contributed by atoms with Crippen LogP contribution < -0.4 is 4.90 Å². The maximum atomic E-state index is 6.16. The normalized spacial score (nSPS) is 9.73. The van der Waals surface area contributed by atoms with Crippen molar-refractivity contribution in [2.24, 2.45) is 0 Å². The van der Waals surface area contributed by atoms with Gasteiger partial charge in [-0.2, -0.15) is 0 Å². The van der Waals surface area contributed by atoms with Gasteiger partial charge in [-0.1, -0.05) is 39.7 Å². The Hall–Kier alpha value is -0.730. The first-order chi connectivity index (χ1) is 7.19. The molecule has 0 fully saturated rings. The third kappa shape index (κ3) is 3.40. The van der Waals surface area contributed by atoms with Crippen molar-refractivity contribution < 1.29 is 0 Å². The van der Waals surface area contributed by atoms with Gasteiger partial charge in [-0.05, 0) is 18.2 Å². The van der Waals surface area contributed by atoms with Crippen molar-refractivity contribution in [3.63, 3.8) is 0 Å². The Morgan fingerprint density at radius 1 is 1.27 bits per heavy atom. The summed E-state index contributed by atoms with van der Waals surface area (Å²) < 4.78 is 0.980. The van der Waals surface area contributed by atoms with Crippen LogP contribution in [-0.4, -0.2) is 13.1 Å². The second kappa shape index (κ2) is 5.99. The zero-order valence-corrected chi connectivity index (χ0v) is 10.8. The highest BCUT2D eigenvalue weighted by atomic mass is 79.9. The summed E-state index contributed by atoms with van der Waals surface area (Å²) in [5, 5.41) is 0.730. The van der Waals surface area contributed by atoms with E-state index in [0.29, 0.717) is 0 Å². The van der Waals surface area contributed by atoms with Crippen molar-refractivity contribution in [1.82, 2.24) is 0 Å². The number of benzene rings is 1. The molecule has 0 spiro atoms. The molecular formula is C12H13BrClN. The second-order valence-corrected chi connectivity index (χ2v) is 4.40. The van der Waals surface area contributed by atoms with E-state index >= 15 is 0 Å². The van der Waals surface area contributed by atoms with Gasteiger partial charge in [0.05, 0.1) is 10.7 Å². The number of anilines is 1. The highest BCUT2D eigenvalue weighted by Crippen LogP contribution is 2.28. The molecule has 1 nitrogen and oxygen atoms in total. The number of hydrogen-bond acceptors (Lipinski definition) is 1. The van der Waals surface area contributed by atoms with Crippen LogP contribution in [0.2, 0.25) is 5.02 Å². The van der Waals surface area contributed by atoms with Gasteiger partial charge in [0.15, 0.2) is 0 Å². The fourth-order valence-corrected chi connectivity index (χ4v) is 2.11. The minimum Gasteiger partial charge on any atom is -0.363 e. The lowest BCUT2D eigenvalue weighted by molar-refractivity contribution is 0.957. The summed E-state index contributed by atoms with van der Waals surface area (Å²) >= 11 is 9.54. The molecule has 0 N–H and O–H groups in total. The lowest BCUT2D eigenvalue weighted by Crippen LogP contribution is -2.23. The maximum absolute atomic E-state index is 6.16. The smallest absolute Gasteiger partial charge is 0.0650 e. The van der Waals surface area contributed by atoms with Crippen molar-refractivity contribution in [1.29, 1.82) is 0 Å². The molecule has 0 amide bonds. The standard InChI is InChI=1S/C12H13BrClN/c1-3-7-15(8-4-2)12-6-5-10(13)9-11(12)14/h3-6,9H,1-2,7-8H2. The largest absolute Gasteiger partial charge is 0.363 e. The Kier molecular flexibility index (Phi) is 4.92. The number of nitrogens with zero attached hydrogens (tertiary/aromatic N) is 1. The molecule has 1 aromatic rings. The van der Waals surface area contributed by atoms with Gasteiger partial charge in [0.2, 0.25) is 0 Å². The molecule has 0 aliphatic carbocycles. The SMILES string of the molecule is C=CCN(CC=C)c1ccc(Br)cc1Cl. The molecule has 0 bridgehead atoms. The molecule has 0 aliphatic heterocycles. The molecule has 15 heavy (non-hydrogen) atoms. The third-order valence-electron chi connectivity index (χ3n) is 1.95. The maximum Gasteiger partial charge on any atom is 0.0650 e. The van der Waals surface area contributed by atoms with Crippen LogP contribution in [0.3, 0.4) is 0 Å². The van der Waals surface area contributed by atoms with Gasteiger partial charge in [-0.3, -0.25) is 0 Å². The molecule has 1 rings (SSSR count). The average Bonchev–Trinajstić information content (AvgIpc) is 2.17. The molecule has 0 aliphatic rings. The van der Waals surface area contributed by atoms with Gasteiger partial charge in [-0.15, -0.1) is 13.2 Å². The van der Waals surface area contributed by atoms with Crippen LogP contribution in [0.25, 0.3) is 0 Å². The van der Waals surface area contributed by atoms with Crippen LogP contribution in [0.5, 0.6) is 0 Å². The van der Waals surface area contributed by atoms with E-state index in [4.69, 9.17) is 11.6 Å². The second-order valence-electron chi connectivity index (χ2n) is 3.08. The summed E-state index contributed by atoms with van der Waals surface area (Å²) in [4.78, 5) is 2.11. The van der Waals surface area contributed by atoms with Crippen molar-refractivity contribution in [3.8, 4) is 0 Å². The van der Waals surface area contributed by atoms with E-state index in [-0.39, 0.29) is 0 Å². The van der Waals surface area contributed by atoms with Crippen molar-refractivity contribution in [2.45, 2.75) is 0 Å². The Morgan fingerprint density at radius 3 is 2.33 bits per heavy atom. The Balaban J connectivity index is 2.98. The van der Waals surface area contributed by atoms with E-state index in [1.54, 1.807) is 0 Å². The summed E-state index contributed by atoms with van der Waals surface area (Å²) in [6, 6.07) is 5.84. The van der Waals surface area contributed by atoms with E-state index in [1.165, 1.54) is 0 Å². The fourth-order valence-electron chi connectivity index (χ4n) is 1.32. The van der Waals surface area contributed by atoms with Gasteiger partial charge in [0.25, 0.3) is 0 Å². The van der Waals surface area contributed by atoms with Gasteiger partial charge in [0.1, 0.15) is 0 Å². The predicted molar refractivity (Wildman–Crippen MR) is 71.8 cm³/mol. The summed E-state index contributed by atoms with van der Waals surface area (Å²) in [5.41, 5.74) is 1.000. The minimum absolute atomic E-state index is 0.730. The summed E-state index contributed by atoms with van der Waals surface area (Å²) in [6.07, 6.45) is 3.70. The van der Waals surface area contributed by atoms with Gasteiger partial charge >= 0.3 is 0 Å². The van der Waals surface area contributed by atoms with E-state index in [1.807, 2.05) is 30.4 Å². The topological polar surface area (TPSA) is 3.24 Å². The highest BCUT2D eigenvalue weighted by molar-refractivity contribution is 9.10. The highest BCUT2D eigenvalue weighted by Gasteiger charge is 2.07. The molecule has 0 heterocycles. The molecule has 0 aromatic heterocycles. The molecule has 0 saturated carbocycles. The van der Waals surface area contributed by atoms with E-state index in [2.05, 4.69) is 34.0 Å². The fraction of sp³-hybridized carbons (Fsp3) is 0.167. The molecule has 0 atom stereocenters. The lowest BCUT2D eigenvalue weighted by atomic mass is 10.3. The van der Waals surface area contributed by atoms with Crippen LogP contribution in [0, 0.1) is 0 Å². The van der Waals surface area contributed by atoms with Crippen LogP contribution in [0.1, 0.15) is 0 Å². The number of hydrogen-bond donors (Lipinski definition) is 0. The molecule has 80 valence electrons. The summed E-state index contributed by atoms with van der Waals surface area (Å²) in [5.74, 6) is 0. The zero-order chi connectivity index (χ0) is 11.3. The first kappa shape index (κ1) is 12.3. The molecule has 0 radical (unpaired) electrons. The molecule has 3 heteroatoms. The Bertz CT molecular complexity index is 353. The minimum atomic E-state index is 0.730. The first-order valence-electron chi connectivity index (χ1n) is 4.61. The average molecular weight is 287 g/mol. The van der Waals surface area contributed by atoms with E-state index < -0.39 is 0 Å². The monoisotopic (exact) mass is 285 g/mol. The Morgan fingerprint density at radius 2 is 1.87 bits per heavy atom. The third-order valence-corrected chi connectivity index (χ3v) is 2.75. The summed E-state index contributed by atoms with van der Waals surface area (Å²) in [7, 11) is 0. The number of rotatable bonds is 5. The van der Waals surface area contributed by atoms with Crippen molar-refractivity contribution >= 4 is 33.2 Å². The molecule has 0 unspecified atom stereocenters. The van der Waals surface area contributed by atoms with Crippen molar-refractivity contribution in [2.75, 3.05) is 18.0 Å². The van der Waals surface area contributed by atoms with E-state index in [0.717, 1.165) is 28.3 Å². The van der Waals surface area contributed by atoms with Crippen molar-refractivity contribution in [3.05, 3.63) is 53.0 Å². The molecule has 0 saturated heterocycles. The Labute approximate surface area is 104 Å². The lowest BCUT2D eigenvalue weighted by Gasteiger charge is -2.22. The number of halogens is 2. The van der Waals surface area contributed by atoms with Gasteiger partial charge < -0.3 is 4.90 Å². The summed E-state index contributed by atoms with van der Waals surface area (Å²) in [6.45, 7) is 8.97. The van der Waals surface area contributed by atoms with Crippen LogP contribution >= 0.6 is 27.5 Å². The zero-order valence-electron chi connectivity index (χ0n) is 8.42. The quantitative estimate of drug-likeness (QED) is 0.730. The van der Waals surface area contributed by atoms with Crippen LogP contribution in [0.4, 0.5) is 5.69 Å². The molecular weight excluding hydrogens is 273 g/mol. The molecule has 1 aromatic carbocycles. The van der Waals surface area contributed by atoms with E-state index in [9.17, 15) is 0 Å². The van der Waals surface area contributed by atoms with Gasteiger partial charge in [-0.25, -0.2) is 0 Å². The van der Waals surface area contributed by atoms with Crippen LogP contribution in [-0.2, 0) is 0 Å². The van der Waals surface area contributed by atoms with Crippen LogP contribution in [0.15, 0.2) is 48.0 Å².